The minimum absolute atomic E-state index is 0.0219. The van der Waals surface area contributed by atoms with Crippen LogP contribution in [0.25, 0.3) is 0 Å². The summed E-state index contributed by atoms with van der Waals surface area (Å²) >= 11 is 0. The first-order chi connectivity index (χ1) is 14.2. The second-order valence-corrected chi connectivity index (χ2v) is 8.25. The van der Waals surface area contributed by atoms with Gasteiger partial charge in [0.2, 0.25) is 0 Å². The molecule has 1 amide bonds. The highest BCUT2D eigenvalue weighted by Crippen LogP contribution is 2.17. The van der Waals surface area contributed by atoms with E-state index in [-0.39, 0.29) is 28.9 Å². The molecule has 3 rings (SSSR count). The van der Waals surface area contributed by atoms with Gasteiger partial charge in [0.05, 0.1) is 4.90 Å². The minimum atomic E-state index is -3.83. The van der Waals surface area contributed by atoms with Gasteiger partial charge in [-0.05, 0) is 61.0 Å². The van der Waals surface area contributed by atoms with Crippen LogP contribution in [-0.4, -0.2) is 20.1 Å². The van der Waals surface area contributed by atoms with Crippen LogP contribution in [0.2, 0.25) is 0 Å². The van der Waals surface area contributed by atoms with Gasteiger partial charge in [0, 0.05) is 23.4 Å². The summed E-state index contributed by atoms with van der Waals surface area (Å²) in [4.78, 5) is 23.6. The Morgan fingerprint density at radius 3 is 1.97 bits per heavy atom. The number of halogens is 1. The highest BCUT2D eigenvalue weighted by atomic mass is 32.2. The van der Waals surface area contributed by atoms with Crippen molar-refractivity contribution >= 4 is 27.4 Å². The molecule has 0 saturated carbocycles. The number of ketones is 1. The molecule has 0 aliphatic heterocycles. The fourth-order valence-electron chi connectivity index (χ4n) is 2.66. The third-order valence-corrected chi connectivity index (χ3v) is 5.73. The molecule has 154 valence electrons. The van der Waals surface area contributed by atoms with Crippen molar-refractivity contribution < 1.29 is 22.4 Å². The Morgan fingerprint density at radius 1 is 0.833 bits per heavy atom. The summed E-state index contributed by atoms with van der Waals surface area (Å²) in [5, 5.41) is 2.72. The molecule has 0 aliphatic rings. The van der Waals surface area contributed by atoms with E-state index in [9.17, 15) is 22.4 Å². The molecule has 3 aromatic carbocycles. The predicted molar refractivity (Wildman–Crippen MR) is 111 cm³/mol. The van der Waals surface area contributed by atoms with Crippen LogP contribution in [0.15, 0.2) is 77.7 Å². The van der Waals surface area contributed by atoms with Gasteiger partial charge in [0.25, 0.3) is 15.9 Å². The van der Waals surface area contributed by atoms with E-state index in [4.69, 9.17) is 0 Å². The molecule has 0 saturated heterocycles. The monoisotopic (exact) mass is 426 g/mol. The van der Waals surface area contributed by atoms with E-state index in [1.807, 2.05) is 0 Å². The van der Waals surface area contributed by atoms with E-state index >= 15 is 0 Å². The molecule has 8 heteroatoms. The molecule has 0 unspecified atom stereocenters. The largest absolute Gasteiger partial charge is 0.348 e. The van der Waals surface area contributed by atoms with E-state index in [1.54, 1.807) is 12.1 Å². The topological polar surface area (TPSA) is 92.3 Å². The average molecular weight is 426 g/mol. The molecule has 0 spiro atoms. The van der Waals surface area contributed by atoms with Gasteiger partial charge >= 0.3 is 0 Å². The van der Waals surface area contributed by atoms with E-state index in [0.29, 0.717) is 16.8 Å². The highest BCUT2D eigenvalue weighted by Gasteiger charge is 2.15. The summed E-state index contributed by atoms with van der Waals surface area (Å²) in [6, 6.07) is 17.4. The molecule has 0 aromatic heterocycles. The first-order valence-corrected chi connectivity index (χ1v) is 10.5. The van der Waals surface area contributed by atoms with Gasteiger partial charge in [0.1, 0.15) is 5.82 Å². The second-order valence-electron chi connectivity index (χ2n) is 6.57. The smallest absolute Gasteiger partial charge is 0.261 e. The number of nitrogens with one attached hydrogen (secondary N) is 2. The molecule has 0 atom stereocenters. The number of amides is 1. The number of rotatable bonds is 7. The third-order valence-electron chi connectivity index (χ3n) is 4.34. The quantitative estimate of drug-likeness (QED) is 0.563. The van der Waals surface area contributed by atoms with Crippen molar-refractivity contribution in [1.29, 1.82) is 0 Å². The van der Waals surface area contributed by atoms with Crippen molar-refractivity contribution in [3.63, 3.8) is 0 Å². The maximum atomic E-state index is 12.9. The van der Waals surface area contributed by atoms with Crippen molar-refractivity contribution in [1.82, 2.24) is 5.32 Å². The molecule has 0 aliphatic carbocycles. The van der Waals surface area contributed by atoms with Gasteiger partial charge in [-0.25, -0.2) is 12.8 Å². The first kappa shape index (κ1) is 21.2. The van der Waals surface area contributed by atoms with Gasteiger partial charge in [0.15, 0.2) is 5.78 Å². The second kappa shape index (κ2) is 8.87. The number of Topliss-reactive ketones (excluding diaryl/α,β-unsaturated/α-hetero) is 1. The fourth-order valence-corrected chi connectivity index (χ4v) is 3.72. The Hall–Kier alpha value is -3.52. The Balaban J connectivity index is 1.63. The molecule has 6 nitrogen and oxygen atoms in total. The molecule has 0 radical (unpaired) electrons. The summed E-state index contributed by atoms with van der Waals surface area (Å²) < 4.78 is 40.3. The SMILES string of the molecule is CC(=O)c1ccc(S(=O)(=O)Nc2ccc(C(=O)NCc3ccc(F)cc3)cc2)cc1. The lowest BCUT2D eigenvalue weighted by atomic mass is 10.2. The number of benzene rings is 3. The van der Waals surface area contributed by atoms with Gasteiger partial charge in [-0.3, -0.25) is 14.3 Å². The molecular weight excluding hydrogens is 407 g/mol. The van der Waals surface area contributed by atoms with Crippen LogP contribution < -0.4 is 10.0 Å². The summed E-state index contributed by atoms with van der Waals surface area (Å²) in [6.45, 7) is 1.64. The van der Waals surface area contributed by atoms with Crippen molar-refractivity contribution in [3.8, 4) is 0 Å². The zero-order valence-electron chi connectivity index (χ0n) is 16.1. The van der Waals surface area contributed by atoms with E-state index in [0.717, 1.165) is 5.56 Å². The number of hydrogen-bond donors (Lipinski definition) is 2. The fraction of sp³-hybridized carbons (Fsp3) is 0.0909. The molecule has 2 N–H and O–H groups in total. The zero-order valence-corrected chi connectivity index (χ0v) is 16.9. The van der Waals surface area contributed by atoms with E-state index in [1.165, 1.54) is 67.6 Å². The maximum Gasteiger partial charge on any atom is 0.261 e. The highest BCUT2D eigenvalue weighted by molar-refractivity contribution is 7.92. The molecule has 0 bridgehead atoms. The lowest BCUT2D eigenvalue weighted by Crippen LogP contribution is -2.22. The summed E-state index contributed by atoms with van der Waals surface area (Å²) in [6.07, 6.45) is 0. The third kappa shape index (κ3) is 5.30. The van der Waals surface area contributed by atoms with Crippen LogP contribution in [0.3, 0.4) is 0 Å². The molecule has 3 aromatic rings. The summed E-state index contributed by atoms with van der Waals surface area (Å²) in [5.41, 5.74) is 1.82. The Bertz CT molecular complexity index is 1160. The van der Waals surface area contributed by atoms with Crippen LogP contribution in [-0.2, 0) is 16.6 Å². The van der Waals surface area contributed by atoms with E-state index in [2.05, 4.69) is 10.0 Å². The Morgan fingerprint density at radius 2 is 1.40 bits per heavy atom. The van der Waals surface area contributed by atoms with Crippen LogP contribution in [0.4, 0.5) is 10.1 Å². The first-order valence-electron chi connectivity index (χ1n) is 9.01. The molecule has 0 heterocycles. The molecule has 0 fully saturated rings. The minimum Gasteiger partial charge on any atom is -0.348 e. The van der Waals surface area contributed by atoms with Gasteiger partial charge < -0.3 is 5.32 Å². The Kier molecular flexibility index (Phi) is 6.27. The standard InChI is InChI=1S/C22H19FN2O4S/c1-15(26)17-6-12-21(13-7-17)30(28,29)25-20-10-4-18(5-11-20)22(27)24-14-16-2-8-19(23)9-3-16/h2-13,25H,14H2,1H3,(H,24,27). The maximum absolute atomic E-state index is 12.9. The molecular formula is C22H19FN2O4S. The van der Waals surface area contributed by atoms with Crippen LogP contribution in [0.5, 0.6) is 0 Å². The number of carbonyl (C=O) groups excluding carboxylic acids is 2. The summed E-state index contributed by atoms with van der Waals surface area (Å²) in [7, 11) is -3.83. The summed E-state index contributed by atoms with van der Waals surface area (Å²) in [5.74, 6) is -0.841. The molecule has 30 heavy (non-hydrogen) atoms. The van der Waals surface area contributed by atoms with E-state index < -0.39 is 10.0 Å². The van der Waals surface area contributed by atoms with Gasteiger partial charge in [-0.15, -0.1) is 0 Å². The average Bonchev–Trinajstić information content (AvgIpc) is 2.73. The lowest BCUT2D eigenvalue weighted by Gasteiger charge is -2.10. The van der Waals surface area contributed by atoms with Gasteiger partial charge in [-0.1, -0.05) is 24.3 Å². The van der Waals surface area contributed by atoms with Gasteiger partial charge in [-0.2, -0.15) is 0 Å². The van der Waals surface area contributed by atoms with Crippen molar-refractivity contribution in [2.75, 3.05) is 4.72 Å². The number of sulfonamides is 1. The number of hydrogen-bond acceptors (Lipinski definition) is 4. The zero-order chi connectivity index (χ0) is 21.7. The predicted octanol–water partition coefficient (Wildman–Crippen LogP) is 3.76. The Labute approximate surface area is 173 Å². The van der Waals surface area contributed by atoms with Crippen molar-refractivity contribution in [2.45, 2.75) is 18.4 Å². The van der Waals surface area contributed by atoms with Crippen LogP contribution in [0, 0.1) is 5.82 Å². The van der Waals surface area contributed by atoms with Crippen molar-refractivity contribution in [3.05, 3.63) is 95.3 Å². The van der Waals surface area contributed by atoms with Crippen LogP contribution in [0.1, 0.15) is 33.2 Å². The number of anilines is 1. The lowest BCUT2D eigenvalue weighted by molar-refractivity contribution is 0.0950. The number of carbonyl (C=O) groups is 2. The van der Waals surface area contributed by atoms with Crippen molar-refractivity contribution in [2.24, 2.45) is 0 Å². The van der Waals surface area contributed by atoms with Crippen LogP contribution >= 0.6 is 0 Å². The normalized spacial score (nSPS) is 11.0.